The lowest BCUT2D eigenvalue weighted by atomic mass is 10.2. The molecule has 2 aromatic rings. The van der Waals surface area contributed by atoms with E-state index in [4.69, 9.17) is 10.5 Å². The van der Waals surface area contributed by atoms with Gasteiger partial charge in [0.25, 0.3) is 0 Å². The van der Waals surface area contributed by atoms with Crippen molar-refractivity contribution in [1.29, 1.82) is 5.41 Å². The molecule has 0 saturated carbocycles. The minimum atomic E-state index is -0.965. The maximum Gasteiger partial charge on any atom is 0.335 e. The van der Waals surface area contributed by atoms with Crippen molar-refractivity contribution in [3.05, 3.63) is 29.6 Å². The predicted molar refractivity (Wildman–Crippen MR) is 71.1 cm³/mol. The van der Waals surface area contributed by atoms with Gasteiger partial charge < -0.3 is 15.4 Å². The fourth-order valence-electron chi connectivity index (χ4n) is 1.47. The summed E-state index contributed by atoms with van der Waals surface area (Å²) in [5.74, 6) is 0.293. The summed E-state index contributed by atoms with van der Waals surface area (Å²) in [6.45, 7) is 0. The molecule has 6 nitrogen and oxygen atoms in total. The fraction of sp³-hybridized carbons (Fsp3) is 0.182. The van der Waals surface area contributed by atoms with Crippen LogP contribution in [0.15, 0.2) is 18.2 Å². The van der Waals surface area contributed by atoms with Gasteiger partial charge in [0.2, 0.25) is 0 Å². The molecule has 0 spiro atoms. The van der Waals surface area contributed by atoms with Crippen molar-refractivity contribution in [2.24, 2.45) is 0 Å². The lowest BCUT2D eigenvalue weighted by Gasteiger charge is -1.98. The van der Waals surface area contributed by atoms with Gasteiger partial charge in [-0.25, -0.2) is 9.78 Å². The Morgan fingerprint density at radius 3 is 3.06 bits per heavy atom. The highest BCUT2D eigenvalue weighted by molar-refractivity contribution is 8.13. The first kappa shape index (κ1) is 12.4. The molecule has 0 atom stereocenters. The highest BCUT2D eigenvalue weighted by Crippen LogP contribution is 2.17. The van der Waals surface area contributed by atoms with E-state index in [2.05, 4.69) is 15.3 Å². The number of carboxylic acids is 1. The molecule has 1 heterocycles. The minimum Gasteiger partial charge on any atom is -0.478 e. The van der Waals surface area contributed by atoms with Crippen molar-refractivity contribution in [2.45, 2.75) is 5.75 Å². The number of fused-ring (bicyclic) bond motifs is 1. The first-order valence-corrected chi connectivity index (χ1v) is 6.19. The van der Waals surface area contributed by atoms with Crippen molar-refractivity contribution in [3.8, 4) is 0 Å². The Bertz CT molecular complexity index is 608. The second-order valence-corrected chi connectivity index (χ2v) is 4.57. The quantitative estimate of drug-likeness (QED) is 0.498. The number of amidine groups is 1. The summed E-state index contributed by atoms with van der Waals surface area (Å²) >= 11 is 1.32. The number of rotatable bonds is 3. The Labute approximate surface area is 107 Å². The van der Waals surface area contributed by atoms with Crippen LogP contribution in [0.4, 0.5) is 0 Å². The van der Waals surface area contributed by atoms with E-state index in [1.807, 2.05) is 0 Å². The summed E-state index contributed by atoms with van der Waals surface area (Å²) in [6.07, 6.45) is 0. The number of aromatic carboxylic acids is 1. The van der Waals surface area contributed by atoms with Crippen molar-refractivity contribution >= 4 is 33.9 Å². The number of carboxylic acid groups (broad SMARTS) is 1. The molecule has 94 valence electrons. The van der Waals surface area contributed by atoms with Crippen molar-refractivity contribution in [1.82, 2.24) is 15.3 Å². The normalized spacial score (nSPS) is 10.5. The number of aromatic nitrogens is 2. The molecular weight excluding hydrogens is 252 g/mol. The fourth-order valence-corrected chi connectivity index (χ4v) is 2.03. The van der Waals surface area contributed by atoms with Crippen LogP contribution in [0.25, 0.3) is 11.0 Å². The summed E-state index contributed by atoms with van der Waals surface area (Å²) in [4.78, 5) is 18.2. The number of hydrogen-bond acceptors (Lipinski definition) is 4. The van der Waals surface area contributed by atoms with E-state index in [9.17, 15) is 4.79 Å². The number of hydrogen-bond donors (Lipinski definition) is 4. The Morgan fingerprint density at radius 1 is 1.61 bits per heavy atom. The first-order valence-electron chi connectivity index (χ1n) is 5.21. The smallest absolute Gasteiger partial charge is 0.335 e. The van der Waals surface area contributed by atoms with E-state index in [1.54, 1.807) is 13.1 Å². The van der Waals surface area contributed by atoms with Gasteiger partial charge >= 0.3 is 5.97 Å². The summed E-state index contributed by atoms with van der Waals surface area (Å²) < 4.78 is 0. The van der Waals surface area contributed by atoms with E-state index in [1.165, 1.54) is 23.9 Å². The van der Waals surface area contributed by atoms with Crippen LogP contribution in [0.3, 0.4) is 0 Å². The summed E-state index contributed by atoms with van der Waals surface area (Å²) in [6, 6.07) is 4.77. The van der Waals surface area contributed by atoms with Crippen molar-refractivity contribution in [2.75, 3.05) is 7.05 Å². The molecule has 1 aromatic carbocycles. The Hall–Kier alpha value is -2.02. The average molecular weight is 264 g/mol. The molecule has 0 amide bonds. The van der Waals surface area contributed by atoms with Gasteiger partial charge in [-0.05, 0) is 18.2 Å². The predicted octanol–water partition coefficient (Wildman–Crippen LogP) is 1.65. The number of imidazole rings is 1. The van der Waals surface area contributed by atoms with Crippen LogP contribution in [0.1, 0.15) is 16.2 Å². The van der Waals surface area contributed by atoms with Gasteiger partial charge in [-0.3, -0.25) is 5.41 Å². The number of nitrogens with one attached hydrogen (secondary N) is 3. The highest BCUT2D eigenvalue weighted by atomic mass is 32.2. The molecule has 0 saturated heterocycles. The molecular formula is C11H12N4O2S. The van der Waals surface area contributed by atoms with E-state index in [0.29, 0.717) is 16.4 Å². The molecule has 18 heavy (non-hydrogen) atoms. The van der Waals surface area contributed by atoms with Gasteiger partial charge in [-0.2, -0.15) is 0 Å². The van der Waals surface area contributed by atoms with Crippen molar-refractivity contribution in [3.63, 3.8) is 0 Å². The zero-order chi connectivity index (χ0) is 13.1. The maximum absolute atomic E-state index is 10.8. The Morgan fingerprint density at radius 2 is 2.39 bits per heavy atom. The number of H-pyrrole nitrogens is 1. The lowest BCUT2D eigenvalue weighted by Crippen LogP contribution is -2.12. The largest absolute Gasteiger partial charge is 0.478 e. The van der Waals surface area contributed by atoms with E-state index < -0.39 is 5.97 Å². The number of nitrogens with zero attached hydrogens (tertiary/aromatic N) is 1. The maximum atomic E-state index is 10.8. The van der Waals surface area contributed by atoms with Crippen LogP contribution in [0.5, 0.6) is 0 Å². The number of benzene rings is 1. The third kappa shape index (κ3) is 2.62. The lowest BCUT2D eigenvalue weighted by molar-refractivity contribution is 0.0697. The van der Waals surface area contributed by atoms with Gasteiger partial charge in [0.1, 0.15) is 5.82 Å². The van der Waals surface area contributed by atoms with E-state index in [0.717, 1.165) is 11.3 Å². The number of thioether (sulfide) groups is 1. The molecule has 0 aliphatic carbocycles. The van der Waals surface area contributed by atoms with Crippen LogP contribution in [0.2, 0.25) is 0 Å². The highest BCUT2D eigenvalue weighted by Gasteiger charge is 2.08. The second kappa shape index (κ2) is 5.09. The SMILES string of the molecule is CNC(=N)SCc1nc2cc(C(=O)O)ccc2[nH]1. The second-order valence-electron chi connectivity index (χ2n) is 3.59. The molecule has 1 aromatic heterocycles. The van der Waals surface area contributed by atoms with Gasteiger partial charge in [-0.15, -0.1) is 0 Å². The standard InChI is InChI=1S/C11H12N4O2S/c1-13-11(12)18-5-9-14-7-3-2-6(10(16)17)4-8(7)15-9/h2-4H,5H2,1H3,(H2,12,13)(H,14,15)(H,16,17). The molecule has 4 N–H and O–H groups in total. The Balaban J connectivity index is 2.22. The summed E-state index contributed by atoms with van der Waals surface area (Å²) in [5.41, 5.74) is 1.64. The van der Waals surface area contributed by atoms with Gasteiger partial charge in [0.15, 0.2) is 5.17 Å². The zero-order valence-corrected chi connectivity index (χ0v) is 10.5. The molecule has 0 radical (unpaired) electrons. The molecule has 2 rings (SSSR count). The molecule has 0 aliphatic heterocycles. The van der Waals surface area contributed by atoms with Crippen LogP contribution >= 0.6 is 11.8 Å². The van der Waals surface area contributed by atoms with Crippen LogP contribution in [-0.4, -0.2) is 33.3 Å². The molecule has 7 heteroatoms. The minimum absolute atomic E-state index is 0.219. The van der Waals surface area contributed by atoms with Crippen LogP contribution in [-0.2, 0) is 5.75 Å². The summed E-state index contributed by atoms with van der Waals surface area (Å²) in [5, 5.41) is 19.4. The number of aromatic amines is 1. The third-order valence-electron chi connectivity index (χ3n) is 2.36. The number of carbonyl (C=O) groups is 1. The van der Waals surface area contributed by atoms with Gasteiger partial charge in [0, 0.05) is 7.05 Å². The molecule has 0 unspecified atom stereocenters. The molecule has 0 fully saturated rings. The average Bonchev–Trinajstić information content (AvgIpc) is 2.77. The monoisotopic (exact) mass is 264 g/mol. The third-order valence-corrected chi connectivity index (χ3v) is 3.27. The van der Waals surface area contributed by atoms with Gasteiger partial charge in [0.05, 0.1) is 22.3 Å². The Kier molecular flexibility index (Phi) is 3.52. The van der Waals surface area contributed by atoms with Crippen LogP contribution in [0, 0.1) is 5.41 Å². The van der Waals surface area contributed by atoms with Crippen LogP contribution < -0.4 is 5.32 Å². The molecule has 0 bridgehead atoms. The van der Waals surface area contributed by atoms with E-state index >= 15 is 0 Å². The van der Waals surface area contributed by atoms with Gasteiger partial charge in [-0.1, -0.05) is 11.8 Å². The van der Waals surface area contributed by atoms with E-state index in [-0.39, 0.29) is 5.56 Å². The first-order chi connectivity index (χ1) is 8.60. The molecule has 0 aliphatic rings. The van der Waals surface area contributed by atoms with Crippen molar-refractivity contribution < 1.29 is 9.90 Å². The summed E-state index contributed by atoms with van der Waals surface area (Å²) in [7, 11) is 1.69. The topological polar surface area (TPSA) is 102 Å². The zero-order valence-electron chi connectivity index (χ0n) is 9.65.